The summed E-state index contributed by atoms with van der Waals surface area (Å²) in [6.45, 7) is 2.14. The SMILES string of the molecule is CNCCNCc1cc(C(=O)/C=C/c2ccccn2)ccc1O. The summed E-state index contributed by atoms with van der Waals surface area (Å²) in [6.07, 6.45) is 4.85. The number of ketones is 1. The van der Waals surface area contributed by atoms with Crippen LogP contribution < -0.4 is 10.6 Å². The maximum Gasteiger partial charge on any atom is 0.185 e. The number of phenolic OH excluding ortho intramolecular Hbond substituents is 1. The summed E-state index contributed by atoms with van der Waals surface area (Å²) in [4.78, 5) is 16.4. The smallest absolute Gasteiger partial charge is 0.185 e. The van der Waals surface area contributed by atoms with E-state index in [1.165, 1.54) is 6.08 Å². The van der Waals surface area contributed by atoms with E-state index in [1.54, 1.807) is 30.5 Å². The van der Waals surface area contributed by atoms with E-state index in [9.17, 15) is 9.90 Å². The van der Waals surface area contributed by atoms with Gasteiger partial charge in [-0.1, -0.05) is 6.07 Å². The number of aromatic hydroxyl groups is 1. The van der Waals surface area contributed by atoms with Gasteiger partial charge in [0.1, 0.15) is 5.75 Å². The Kier molecular flexibility index (Phi) is 6.47. The Morgan fingerprint density at radius 3 is 2.87 bits per heavy atom. The lowest BCUT2D eigenvalue weighted by atomic mass is 10.1. The van der Waals surface area contributed by atoms with E-state index >= 15 is 0 Å². The summed E-state index contributed by atoms with van der Waals surface area (Å²) in [5, 5.41) is 16.1. The highest BCUT2D eigenvalue weighted by atomic mass is 16.3. The number of hydrogen-bond acceptors (Lipinski definition) is 5. The lowest BCUT2D eigenvalue weighted by Gasteiger charge is -2.08. The fourth-order valence-electron chi connectivity index (χ4n) is 2.05. The summed E-state index contributed by atoms with van der Waals surface area (Å²) in [6, 6.07) is 10.4. The van der Waals surface area contributed by atoms with Crippen molar-refractivity contribution in [2.75, 3.05) is 20.1 Å². The maximum atomic E-state index is 12.2. The molecule has 5 heteroatoms. The number of nitrogens with zero attached hydrogens (tertiary/aromatic N) is 1. The summed E-state index contributed by atoms with van der Waals surface area (Å²) < 4.78 is 0. The second-order valence-corrected chi connectivity index (χ2v) is 5.08. The molecule has 0 aliphatic heterocycles. The van der Waals surface area contributed by atoms with Crippen LogP contribution in [0.25, 0.3) is 6.08 Å². The van der Waals surface area contributed by atoms with Crippen molar-refractivity contribution in [1.82, 2.24) is 15.6 Å². The second kappa shape index (κ2) is 8.82. The van der Waals surface area contributed by atoms with Gasteiger partial charge in [-0.25, -0.2) is 0 Å². The summed E-state index contributed by atoms with van der Waals surface area (Å²) in [5.41, 5.74) is 1.98. The van der Waals surface area contributed by atoms with E-state index in [0.717, 1.165) is 18.8 Å². The molecule has 0 atom stereocenters. The number of allylic oxidation sites excluding steroid dienone is 1. The van der Waals surface area contributed by atoms with Crippen molar-refractivity contribution < 1.29 is 9.90 Å². The van der Waals surface area contributed by atoms with Crippen molar-refractivity contribution in [3.63, 3.8) is 0 Å². The molecule has 1 aromatic carbocycles. The molecule has 0 unspecified atom stereocenters. The van der Waals surface area contributed by atoms with Gasteiger partial charge in [0.2, 0.25) is 0 Å². The minimum absolute atomic E-state index is 0.118. The molecular formula is C18H21N3O2. The Bertz CT molecular complexity index is 669. The molecule has 0 saturated heterocycles. The minimum atomic E-state index is -0.118. The van der Waals surface area contributed by atoms with Crippen LogP contribution in [-0.2, 0) is 6.54 Å². The highest BCUT2D eigenvalue weighted by Crippen LogP contribution is 2.19. The number of rotatable bonds is 8. The van der Waals surface area contributed by atoms with E-state index in [-0.39, 0.29) is 11.5 Å². The van der Waals surface area contributed by atoms with Crippen molar-refractivity contribution in [3.8, 4) is 5.75 Å². The molecule has 0 spiro atoms. The monoisotopic (exact) mass is 311 g/mol. The van der Waals surface area contributed by atoms with Crippen molar-refractivity contribution in [3.05, 3.63) is 65.5 Å². The molecule has 0 bridgehead atoms. The fourth-order valence-corrected chi connectivity index (χ4v) is 2.05. The van der Waals surface area contributed by atoms with Gasteiger partial charge < -0.3 is 15.7 Å². The minimum Gasteiger partial charge on any atom is -0.508 e. The van der Waals surface area contributed by atoms with Gasteiger partial charge in [-0.2, -0.15) is 0 Å². The van der Waals surface area contributed by atoms with Gasteiger partial charge in [0, 0.05) is 37.0 Å². The average Bonchev–Trinajstić information content (AvgIpc) is 2.59. The third kappa shape index (κ3) is 5.32. The van der Waals surface area contributed by atoms with Crippen LogP contribution in [0.1, 0.15) is 21.6 Å². The number of carbonyl (C=O) groups is 1. The van der Waals surface area contributed by atoms with Gasteiger partial charge in [-0.05, 0) is 49.5 Å². The number of benzene rings is 1. The molecule has 1 heterocycles. The lowest BCUT2D eigenvalue weighted by molar-refractivity contribution is 0.104. The first-order valence-corrected chi connectivity index (χ1v) is 7.51. The van der Waals surface area contributed by atoms with Gasteiger partial charge in [0.05, 0.1) is 5.69 Å². The molecule has 0 radical (unpaired) electrons. The van der Waals surface area contributed by atoms with Crippen LogP contribution in [0, 0.1) is 0 Å². The Morgan fingerprint density at radius 1 is 1.26 bits per heavy atom. The standard InChI is InChI=1S/C18H21N3O2/c1-19-10-11-20-13-15-12-14(5-7-18(15)23)17(22)8-6-16-4-2-3-9-21-16/h2-9,12,19-20,23H,10-11,13H2,1H3/b8-6+. The predicted molar refractivity (Wildman–Crippen MR) is 91.3 cm³/mol. The van der Waals surface area contributed by atoms with Crippen LogP contribution in [0.5, 0.6) is 5.75 Å². The van der Waals surface area contributed by atoms with Gasteiger partial charge in [0.25, 0.3) is 0 Å². The fraction of sp³-hybridized carbons (Fsp3) is 0.222. The molecule has 0 saturated carbocycles. The molecule has 2 aromatic rings. The third-order valence-electron chi connectivity index (χ3n) is 3.32. The number of pyridine rings is 1. The van der Waals surface area contributed by atoms with Crippen LogP contribution >= 0.6 is 0 Å². The second-order valence-electron chi connectivity index (χ2n) is 5.08. The van der Waals surface area contributed by atoms with Crippen LogP contribution in [0.2, 0.25) is 0 Å². The first kappa shape index (κ1) is 16.9. The number of carbonyl (C=O) groups excluding carboxylic acids is 1. The van der Waals surface area contributed by atoms with Gasteiger partial charge >= 0.3 is 0 Å². The first-order valence-electron chi connectivity index (χ1n) is 7.51. The normalized spacial score (nSPS) is 11.0. The van der Waals surface area contributed by atoms with E-state index in [0.29, 0.717) is 17.7 Å². The highest BCUT2D eigenvalue weighted by Gasteiger charge is 2.07. The zero-order chi connectivity index (χ0) is 16.5. The van der Waals surface area contributed by atoms with Crippen molar-refractivity contribution >= 4 is 11.9 Å². The van der Waals surface area contributed by atoms with Crippen LogP contribution in [0.3, 0.4) is 0 Å². The zero-order valence-electron chi connectivity index (χ0n) is 13.1. The van der Waals surface area contributed by atoms with Crippen molar-refractivity contribution in [1.29, 1.82) is 0 Å². The van der Waals surface area contributed by atoms with Gasteiger partial charge in [-0.3, -0.25) is 9.78 Å². The molecule has 23 heavy (non-hydrogen) atoms. The Balaban J connectivity index is 2.04. The molecular weight excluding hydrogens is 290 g/mol. The van der Waals surface area contributed by atoms with Crippen LogP contribution in [0.4, 0.5) is 0 Å². The average molecular weight is 311 g/mol. The largest absolute Gasteiger partial charge is 0.508 e. The molecule has 0 amide bonds. The molecule has 5 nitrogen and oxygen atoms in total. The maximum absolute atomic E-state index is 12.2. The first-order chi connectivity index (χ1) is 11.2. The Hall–Kier alpha value is -2.50. The number of phenols is 1. The molecule has 3 N–H and O–H groups in total. The predicted octanol–water partition coefficient (Wildman–Crippen LogP) is 1.99. The Morgan fingerprint density at radius 2 is 2.13 bits per heavy atom. The summed E-state index contributed by atoms with van der Waals surface area (Å²) >= 11 is 0. The summed E-state index contributed by atoms with van der Waals surface area (Å²) in [7, 11) is 1.88. The Labute approximate surface area is 136 Å². The molecule has 1 aromatic heterocycles. The van der Waals surface area contributed by atoms with Crippen molar-refractivity contribution in [2.24, 2.45) is 0 Å². The molecule has 120 valence electrons. The number of nitrogens with one attached hydrogen (secondary N) is 2. The highest BCUT2D eigenvalue weighted by molar-refractivity contribution is 6.06. The van der Waals surface area contributed by atoms with Crippen LogP contribution in [-0.4, -0.2) is 36.0 Å². The van der Waals surface area contributed by atoms with Crippen molar-refractivity contribution in [2.45, 2.75) is 6.54 Å². The zero-order valence-corrected chi connectivity index (χ0v) is 13.1. The summed E-state index contributed by atoms with van der Waals surface area (Å²) in [5.74, 6) is 0.0688. The van der Waals surface area contributed by atoms with E-state index in [2.05, 4.69) is 15.6 Å². The lowest BCUT2D eigenvalue weighted by Crippen LogP contribution is -2.24. The molecule has 2 rings (SSSR count). The van der Waals surface area contributed by atoms with E-state index in [1.807, 2.05) is 25.2 Å². The molecule has 0 fully saturated rings. The third-order valence-corrected chi connectivity index (χ3v) is 3.32. The molecule has 0 aliphatic carbocycles. The number of likely N-dealkylation sites (N-methyl/N-ethyl adjacent to an activating group) is 1. The number of aromatic nitrogens is 1. The van der Waals surface area contributed by atoms with E-state index < -0.39 is 0 Å². The van der Waals surface area contributed by atoms with Gasteiger partial charge in [0.15, 0.2) is 5.78 Å². The quantitative estimate of drug-likeness (QED) is 0.395. The van der Waals surface area contributed by atoms with Crippen LogP contribution in [0.15, 0.2) is 48.7 Å². The topological polar surface area (TPSA) is 74.2 Å². The van der Waals surface area contributed by atoms with Gasteiger partial charge in [-0.15, -0.1) is 0 Å². The van der Waals surface area contributed by atoms with E-state index in [4.69, 9.17) is 0 Å². The molecule has 0 aliphatic rings. The number of hydrogen-bond donors (Lipinski definition) is 3.